The average molecular weight is 566 g/mol. The van der Waals surface area contributed by atoms with E-state index >= 15 is 0 Å². The number of benzene rings is 2. The number of esters is 1. The molecule has 1 aliphatic heterocycles. The molecule has 0 atom stereocenters. The van der Waals surface area contributed by atoms with E-state index in [1.54, 1.807) is 13.0 Å². The first-order valence-electron chi connectivity index (χ1n) is 10.1. The molecule has 9 nitrogen and oxygen atoms in total. The number of thiazole rings is 1. The number of rotatable bonds is 6. The van der Waals surface area contributed by atoms with E-state index < -0.39 is 23.7 Å². The number of anilines is 3. The summed E-state index contributed by atoms with van der Waals surface area (Å²) in [4.78, 5) is 55.3. The van der Waals surface area contributed by atoms with Crippen molar-refractivity contribution in [3.05, 3.63) is 79.4 Å². The number of imide groups is 1. The Bertz CT molecular complexity index is 1450. The summed E-state index contributed by atoms with van der Waals surface area (Å²) in [7, 11) is 1.26. The lowest BCUT2D eigenvalue weighted by Gasteiger charge is -2.17. The zero-order chi connectivity index (χ0) is 26.1. The second-order valence-corrected chi connectivity index (χ2v) is 9.45. The monoisotopic (exact) mass is 564 g/mol. The van der Waals surface area contributed by atoms with Gasteiger partial charge in [-0.25, -0.2) is 14.7 Å². The molecule has 4 rings (SSSR count). The Morgan fingerprint density at radius 2 is 1.72 bits per heavy atom. The van der Waals surface area contributed by atoms with Crippen LogP contribution in [0.4, 0.5) is 16.5 Å². The molecular weight excluding hydrogens is 551 g/mol. The van der Waals surface area contributed by atoms with Crippen molar-refractivity contribution in [3.8, 4) is 0 Å². The topological polar surface area (TPSA) is 118 Å². The Morgan fingerprint density at radius 3 is 2.39 bits per heavy atom. The van der Waals surface area contributed by atoms with Crippen LogP contribution in [0.25, 0.3) is 0 Å². The van der Waals surface area contributed by atoms with Gasteiger partial charge in [0.25, 0.3) is 17.7 Å². The molecule has 0 radical (unpaired) electrons. The maximum Gasteiger partial charge on any atom is 0.350 e. The van der Waals surface area contributed by atoms with Crippen LogP contribution in [0.15, 0.2) is 53.2 Å². The number of amides is 3. The quantitative estimate of drug-likeness (QED) is 0.310. The van der Waals surface area contributed by atoms with Gasteiger partial charge >= 0.3 is 5.97 Å². The van der Waals surface area contributed by atoms with Gasteiger partial charge in [0.05, 0.1) is 28.5 Å². The van der Waals surface area contributed by atoms with Crippen LogP contribution in [0, 0.1) is 6.92 Å². The van der Waals surface area contributed by atoms with Crippen LogP contribution >= 0.6 is 46.1 Å². The standard InChI is InChI=1S/C23H15Cl3N4O5S/c1-10-18(22(34)35-2)36-23(27-10)29-19(31)11-6-8-12(9-7-11)28-17-16(26)20(32)30(21(17)33)14-5-3-4-13(24)15(14)25/h3-9,28H,1-2H3,(H,27,29,31). The second-order valence-electron chi connectivity index (χ2n) is 7.29. The van der Waals surface area contributed by atoms with Gasteiger partial charge in [-0.05, 0) is 43.3 Å². The molecule has 0 aliphatic carbocycles. The fourth-order valence-electron chi connectivity index (χ4n) is 3.25. The largest absolute Gasteiger partial charge is 0.465 e. The summed E-state index contributed by atoms with van der Waals surface area (Å²) >= 11 is 19.3. The average Bonchev–Trinajstić information content (AvgIpc) is 3.32. The number of aryl methyl sites for hydroxylation is 1. The predicted molar refractivity (Wildman–Crippen MR) is 138 cm³/mol. The van der Waals surface area contributed by atoms with E-state index in [0.717, 1.165) is 16.2 Å². The number of aromatic nitrogens is 1. The summed E-state index contributed by atoms with van der Waals surface area (Å²) in [6, 6.07) is 10.6. The highest BCUT2D eigenvalue weighted by molar-refractivity contribution is 7.17. The van der Waals surface area contributed by atoms with E-state index in [9.17, 15) is 19.2 Å². The van der Waals surface area contributed by atoms with Gasteiger partial charge in [-0.1, -0.05) is 52.2 Å². The van der Waals surface area contributed by atoms with E-state index in [1.807, 2.05) is 0 Å². The summed E-state index contributed by atoms with van der Waals surface area (Å²) in [6.45, 7) is 1.63. The molecule has 13 heteroatoms. The molecule has 184 valence electrons. The molecule has 1 aromatic heterocycles. The number of nitrogens with one attached hydrogen (secondary N) is 2. The molecule has 0 saturated heterocycles. The third-order valence-electron chi connectivity index (χ3n) is 5.00. The predicted octanol–water partition coefficient (Wildman–Crippen LogP) is 5.23. The zero-order valence-corrected chi connectivity index (χ0v) is 21.6. The molecule has 2 aromatic carbocycles. The van der Waals surface area contributed by atoms with Gasteiger partial charge in [-0.2, -0.15) is 0 Å². The third-order valence-corrected chi connectivity index (χ3v) is 7.22. The van der Waals surface area contributed by atoms with Crippen LogP contribution in [0.2, 0.25) is 10.0 Å². The third kappa shape index (κ3) is 4.80. The summed E-state index contributed by atoms with van der Waals surface area (Å²) < 4.78 is 4.69. The normalized spacial score (nSPS) is 13.3. The fourth-order valence-corrected chi connectivity index (χ4v) is 4.72. The maximum absolute atomic E-state index is 13.0. The Kier molecular flexibility index (Phi) is 7.32. The molecule has 3 aromatic rings. The first kappa shape index (κ1) is 25.6. The number of carbonyl (C=O) groups excluding carboxylic acids is 4. The van der Waals surface area contributed by atoms with Gasteiger partial charge in [0.15, 0.2) is 5.13 Å². The van der Waals surface area contributed by atoms with Gasteiger partial charge in [0.1, 0.15) is 15.6 Å². The van der Waals surface area contributed by atoms with Gasteiger partial charge in [0, 0.05) is 11.3 Å². The molecule has 0 fully saturated rings. The van der Waals surface area contributed by atoms with Crippen LogP contribution in [-0.4, -0.2) is 35.8 Å². The number of ether oxygens (including phenoxy) is 1. The number of hydrogen-bond donors (Lipinski definition) is 2. The van der Waals surface area contributed by atoms with Crippen LogP contribution in [0.1, 0.15) is 25.7 Å². The number of nitrogens with zero attached hydrogens (tertiary/aromatic N) is 2. The van der Waals surface area contributed by atoms with Gasteiger partial charge in [0.2, 0.25) is 0 Å². The van der Waals surface area contributed by atoms with Crippen LogP contribution in [0.5, 0.6) is 0 Å². The van der Waals surface area contributed by atoms with Crippen molar-refractivity contribution >= 4 is 86.3 Å². The zero-order valence-electron chi connectivity index (χ0n) is 18.5. The first-order valence-corrected chi connectivity index (χ1v) is 12.0. The summed E-state index contributed by atoms with van der Waals surface area (Å²) in [5.41, 5.74) is 1.08. The Labute approximate surface area is 223 Å². The maximum atomic E-state index is 13.0. The molecular formula is C23H15Cl3N4O5S. The van der Waals surface area contributed by atoms with Crippen LogP contribution < -0.4 is 15.5 Å². The van der Waals surface area contributed by atoms with Gasteiger partial charge < -0.3 is 10.1 Å². The highest BCUT2D eigenvalue weighted by Gasteiger charge is 2.40. The summed E-state index contributed by atoms with van der Waals surface area (Å²) in [5.74, 6) is -2.46. The smallest absolute Gasteiger partial charge is 0.350 e. The number of methoxy groups -OCH3 is 1. The molecule has 0 bridgehead atoms. The lowest BCUT2D eigenvalue weighted by atomic mass is 10.2. The van der Waals surface area contributed by atoms with Crippen molar-refractivity contribution in [2.45, 2.75) is 6.92 Å². The van der Waals surface area contributed by atoms with Gasteiger partial charge in [-0.15, -0.1) is 0 Å². The van der Waals surface area contributed by atoms with E-state index in [4.69, 9.17) is 39.5 Å². The highest BCUT2D eigenvalue weighted by atomic mass is 35.5. The van der Waals surface area contributed by atoms with Crippen molar-refractivity contribution < 1.29 is 23.9 Å². The SMILES string of the molecule is COC(=O)c1sc(NC(=O)c2ccc(NC3=C(Cl)C(=O)N(c4cccc(Cl)c4Cl)C3=O)cc2)nc1C. The first-order chi connectivity index (χ1) is 17.1. The van der Waals surface area contributed by atoms with Crippen molar-refractivity contribution in [1.29, 1.82) is 0 Å². The summed E-state index contributed by atoms with van der Waals surface area (Å²) in [6.07, 6.45) is 0. The van der Waals surface area contributed by atoms with Crippen LogP contribution in [-0.2, 0) is 14.3 Å². The van der Waals surface area contributed by atoms with E-state index in [-0.39, 0.29) is 37.2 Å². The summed E-state index contributed by atoms with van der Waals surface area (Å²) in [5, 5.41) is 5.58. The minimum Gasteiger partial charge on any atom is -0.465 e. The van der Waals surface area contributed by atoms with Crippen molar-refractivity contribution in [2.24, 2.45) is 0 Å². The molecule has 3 amide bonds. The minimum absolute atomic E-state index is 0.0380. The molecule has 0 unspecified atom stereocenters. The fraction of sp³-hybridized carbons (Fsp3) is 0.0870. The lowest BCUT2D eigenvalue weighted by molar-refractivity contribution is -0.120. The molecule has 0 saturated carbocycles. The van der Waals surface area contributed by atoms with E-state index in [2.05, 4.69) is 15.6 Å². The molecule has 36 heavy (non-hydrogen) atoms. The molecule has 2 heterocycles. The lowest BCUT2D eigenvalue weighted by Crippen LogP contribution is -2.32. The molecule has 2 N–H and O–H groups in total. The van der Waals surface area contributed by atoms with Crippen molar-refractivity contribution in [2.75, 3.05) is 22.6 Å². The number of halogens is 3. The second kappa shape index (κ2) is 10.3. The molecule has 0 spiro atoms. The van der Waals surface area contributed by atoms with Gasteiger partial charge in [-0.3, -0.25) is 19.7 Å². The van der Waals surface area contributed by atoms with E-state index in [1.165, 1.54) is 43.5 Å². The number of carbonyl (C=O) groups is 4. The highest BCUT2D eigenvalue weighted by Crippen LogP contribution is 2.37. The van der Waals surface area contributed by atoms with Crippen molar-refractivity contribution in [3.63, 3.8) is 0 Å². The Hall–Kier alpha value is -3.44. The minimum atomic E-state index is -0.755. The Morgan fingerprint density at radius 1 is 1.03 bits per heavy atom. The van der Waals surface area contributed by atoms with Crippen LogP contribution in [0.3, 0.4) is 0 Å². The Balaban J connectivity index is 1.48. The van der Waals surface area contributed by atoms with E-state index in [0.29, 0.717) is 16.3 Å². The number of hydrogen-bond acceptors (Lipinski definition) is 8. The van der Waals surface area contributed by atoms with Crippen molar-refractivity contribution in [1.82, 2.24) is 4.98 Å². The molecule has 1 aliphatic rings.